The molecule has 1 unspecified atom stereocenters. The van der Waals surface area contributed by atoms with Crippen LogP contribution < -0.4 is 5.56 Å². The smallest absolute Gasteiger partial charge is 0.261 e. The van der Waals surface area contributed by atoms with Crippen molar-refractivity contribution in [1.29, 1.82) is 0 Å². The van der Waals surface area contributed by atoms with Gasteiger partial charge in [0.15, 0.2) is 0 Å². The topological polar surface area (TPSA) is 34.9 Å². The summed E-state index contributed by atoms with van der Waals surface area (Å²) in [4.78, 5) is 17.1. The van der Waals surface area contributed by atoms with Crippen LogP contribution in [0.4, 0.5) is 0 Å². The maximum Gasteiger partial charge on any atom is 0.261 e. The molecular weight excluding hydrogens is 292 g/mol. The van der Waals surface area contributed by atoms with E-state index in [1.54, 1.807) is 0 Å². The molecule has 4 heteroatoms. The minimum absolute atomic E-state index is 0.108. The third kappa shape index (κ3) is 1.99. The Balaban J connectivity index is 2.29. The molecule has 0 aliphatic carbocycles. The molecule has 18 heavy (non-hydrogen) atoms. The Morgan fingerprint density at radius 3 is 3.11 bits per heavy atom. The molecule has 1 aliphatic rings. The van der Waals surface area contributed by atoms with Crippen LogP contribution in [0.15, 0.2) is 27.5 Å². The van der Waals surface area contributed by atoms with Gasteiger partial charge in [-0.3, -0.25) is 9.36 Å². The Morgan fingerprint density at radius 1 is 1.44 bits per heavy atom. The Hall–Kier alpha value is -1.16. The number of rotatable bonds is 0. The SMILES string of the molecule is CC1CCCn2c(nc3cc(Br)ccc3c2=O)C1. The summed E-state index contributed by atoms with van der Waals surface area (Å²) in [6, 6.07) is 5.68. The van der Waals surface area contributed by atoms with Crippen molar-refractivity contribution in [3.8, 4) is 0 Å². The van der Waals surface area contributed by atoms with Crippen molar-refractivity contribution in [2.75, 3.05) is 0 Å². The molecule has 0 fully saturated rings. The van der Waals surface area contributed by atoms with Gasteiger partial charge in [-0.15, -0.1) is 0 Å². The maximum atomic E-state index is 12.5. The molecular formula is C14H15BrN2O. The lowest BCUT2D eigenvalue weighted by Gasteiger charge is -2.11. The van der Waals surface area contributed by atoms with E-state index in [-0.39, 0.29) is 5.56 Å². The van der Waals surface area contributed by atoms with Crippen LogP contribution in [0.2, 0.25) is 0 Å². The van der Waals surface area contributed by atoms with Crippen molar-refractivity contribution >= 4 is 26.8 Å². The van der Waals surface area contributed by atoms with Crippen molar-refractivity contribution < 1.29 is 0 Å². The summed E-state index contributed by atoms with van der Waals surface area (Å²) >= 11 is 3.43. The molecule has 0 N–H and O–H groups in total. The second-order valence-electron chi connectivity index (χ2n) is 5.10. The standard InChI is InChI=1S/C14H15BrN2O/c1-9-3-2-6-17-13(7-9)16-12-8-10(15)4-5-11(12)14(17)18/h4-5,8-9H,2-3,6-7H2,1H3. The molecule has 3 rings (SSSR count). The van der Waals surface area contributed by atoms with E-state index in [9.17, 15) is 4.79 Å². The molecule has 3 nitrogen and oxygen atoms in total. The lowest BCUT2D eigenvalue weighted by Crippen LogP contribution is -2.24. The zero-order valence-corrected chi connectivity index (χ0v) is 11.9. The minimum atomic E-state index is 0.108. The second-order valence-corrected chi connectivity index (χ2v) is 6.01. The predicted octanol–water partition coefficient (Wildman–Crippen LogP) is 3.13. The number of benzene rings is 1. The van der Waals surface area contributed by atoms with Crippen molar-refractivity contribution in [2.45, 2.75) is 32.7 Å². The number of nitrogens with zero attached hydrogens (tertiary/aromatic N) is 2. The van der Waals surface area contributed by atoms with Crippen LogP contribution in [0.5, 0.6) is 0 Å². The molecule has 0 saturated carbocycles. The van der Waals surface area contributed by atoms with E-state index in [0.717, 1.165) is 40.6 Å². The van der Waals surface area contributed by atoms with E-state index in [1.165, 1.54) is 6.42 Å². The van der Waals surface area contributed by atoms with Gasteiger partial charge in [0.2, 0.25) is 0 Å². The van der Waals surface area contributed by atoms with Crippen LogP contribution in [-0.2, 0) is 13.0 Å². The van der Waals surface area contributed by atoms with E-state index in [1.807, 2.05) is 22.8 Å². The first-order valence-corrected chi connectivity index (χ1v) is 7.13. The fraction of sp³-hybridized carbons (Fsp3) is 0.429. The second kappa shape index (κ2) is 4.50. The fourth-order valence-electron chi connectivity index (χ4n) is 2.64. The first kappa shape index (κ1) is 11.9. The first-order valence-electron chi connectivity index (χ1n) is 6.34. The first-order chi connectivity index (χ1) is 8.65. The average molecular weight is 307 g/mol. The van der Waals surface area contributed by atoms with Gasteiger partial charge in [0.25, 0.3) is 5.56 Å². The molecule has 0 radical (unpaired) electrons. The van der Waals surface area contributed by atoms with E-state index in [4.69, 9.17) is 0 Å². The summed E-state index contributed by atoms with van der Waals surface area (Å²) in [6.07, 6.45) is 3.14. The Morgan fingerprint density at radius 2 is 2.28 bits per heavy atom. The molecule has 1 aromatic heterocycles. The summed E-state index contributed by atoms with van der Waals surface area (Å²) in [7, 11) is 0. The molecule has 2 heterocycles. The molecule has 0 bridgehead atoms. The van der Waals surface area contributed by atoms with Crippen LogP contribution in [-0.4, -0.2) is 9.55 Å². The van der Waals surface area contributed by atoms with E-state index >= 15 is 0 Å². The van der Waals surface area contributed by atoms with Crippen molar-refractivity contribution in [3.05, 3.63) is 38.9 Å². The largest absolute Gasteiger partial charge is 0.296 e. The highest BCUT2D eigenvalue weighted by molar-refractivity contribution is 9.10. The van der Waals surface area contributed by atoms with Gasteiger partial charge in [-0.2, -0.15) is 0 Å². The van der Waals surface area contributed by atoms with Crippen molar-refractivity contribution in [3.63, 3.8) is 0 Å². The lowest BCUT2D eigenvalue weighted by atomic mass is 10.0. The number of hydrogen-bond donors (Lipinski definition) is 0. The number of halogens is 1. The summed E-state index contributed by atoms with van der Waals surface area (Å²) in [5.74, 6) is 1.55. The summed E-state index contributed by atoms with van der Waals surface area (Å²) in [6.45, 7) is 3.03. The highest BCUT2D eigenvalue weighted by Gasteiger charge is 2.17. The van der Waals surface area contributed by atoms with Gasteiger partial charge in [0, 0.05) is 17.4 Å². The molecule has 0 saturated heterocycles. The molecule has 2 aromatic rings. The quantitative estimate of drug-likeness (QED) is 0.749. The minimum Gasteiger partial charge on any atom is -0.296 e. The number of aromatic nitrogens is 2. The average Bonchev–Trinajstić information content (AvgIpc) is 2.50. The highest BCUT2D eigenvalue weighted by Crippen LogP contribution is 2.20. The van der Waals surface area contributed by atoms with Crippen molar-refractivity contribution in [2.24, 2.45) is 5.92 Å². The maximum absolute atomic E-state index is 12.5. The Kier molecular flexibility index (Phi) is 2.98. The van der Waals surface area contributed by atoms with Crippen LogP contribution in [0.1, 0.15) is 25.6 Å². The van der Waals surface area contributed by atoms with Gasteiger partial charge in [-0.05, 0) is 37.0 Å². The lowest BCUT2D eigenvalue weighted by molar-refractivity contribution is 0.519. The van der Waals surface area contributed by atoms with E-state index in [2.05, 4.69) is 27.8 Å². The van der Waals surface area contributed by atoms with Crippen LogP contribution >= 0.6 is 15.9 Å². The normalized spacial score (nSPS) is 19.6. The summed E-state index contributed by atoms with van der Waals surface area (Å²) in [5, 5.41) is 0.719. The zero-order chi connectivity index (χ0) is 12.7. The third-order valence-electron chi connectivity index (χ3n) is 3.61. The van der Waals surface area contributed by atoms with Gasteiger partial charge >= 0.3 is 0 Å². The van der Waals surface area contributed by atoms with Crippen molar-refractivity contribution in [1.82, 2.24) is 9.55 Å². The molecule has 0 amide bonds. The monoisotopic (exact) mass is 306 g/mol. The van der Waals surface area contributed by atoms with Gasteiger partial charge in [0.1, 0.15) is 5.82 Å². The number of fused-ring (bicyclic) bond motifs is 2. The summed E-state index contributed by atoms with van der Waals surface area (Å²) < 4.78 is 2.83. The van der Waals surface area contributed by atoms with Crippen LogP contribution in [0, 0.1) is 5.92 Å². The highest BCUT2D eigenvalue weighted by atomic mass is 79.9. The summed E-state index contributed by atoms with van der Waals surface area (Å²) in [5.41, 5.74) is 0.909. The molecule has 1 aliphatic heterocycles. The van der Waals surface area contributed by atoms with Gasteiger partial charge in [-0.25, -0.2) is 4.98 Å². The van der Waals surface area contributed by atoms with Crippen LogP contribution in [0.3, 0.4) is 0 Å². The van der Waals surface area contributed by atoms with E-state index < -0.39 is 0 Å². The van der Waals surface area contributed by atoms with Crippen LogP contribution in [0.25, 0.3) is 10.9 Å². The zero-order valence-electron chi connectivity index (χ0n) is 10.3. The van der Waals surface area contributed by atoms with E-state index in [0.29, 0.717) is 5.92 Å². The Bertz CT molecular complexity index is 663. The third-order valence-corrected chi connectivity index (χ3v) is 4.10. The fourth-order valence-corrected chi connectivity index (χ4v) is 2.99. The molecule has 1 atom stereocenters. The van der Waals surface area contributed by atoms with Gasteiger partial charge < -0.3 is 0 Å². The number of hydrogen-bond acceptors (Lipinski definition) is 2. The predicted molar refractivity (Wildman–Crippen MR) is 75.8 cm³/mol. The molecule has 1 aromatic carbocycles. The Labute approximate surface area is 114 Å². The molecule has 0 spiro atoms. The molecule has 94 valence electrons. The van der Waals surface area contributed by atoms with Gasteiger partial charge in [-0.1, -0.05) is 22.9 Å². The van der Waals surface area contributed by atoms with Gasteiger partial charge in [0.05, 0.1) is 10.9 Å².